The van der Waals surface area contributed by atoms with E-state index < -0.39 is 15.9 Å². The summed E-state index contributed by atoms with van der Waals surface area (Å²) in [6.07, 6.45) is 0.454. The van der Waals surface area contributed by atoms with Crippen molar-refractivity contribution >= 4 is 21.4 Å². The summed E-state index contributed by atoms with van der Waals surface area (Å²) in [6.45, 7) is 0. The molecule has 0 bridgehead atoms. The van der Waals surface area contributed by atoms with Gasteiger partial charge in [0.25, 0.3) is 0 Å². The molecular weight excluding hydrogens is 236 g/mol. The van der Waals surface area contributed by atoms with Gasteiger partial charge in [-0.05, 0) is 11.6 Å². The highest BCUT2D eigenvalue weighted by molar-refractivity contribution is 7.90. The van der Waals surface area contributed by atoms with E-state index >= 15 is 0 Å². The van der Waals surface area contributed by atoms with E-state index in [1.807, 2.05) is 0 Å². The third-order valence-electron chi connectivity index (χ3n) is 1.91. The van der Waals surface area contributed by atoms with Gasteiger partial charge in [-0.3, -0.25) is 0 Å². The Morgan fingerprint density at radius 3 is 2.53 bits per heavy atom. The van der Waals surface area contributed by atoms with Gasteiger partial charge in [0.15, 0.2) is 0 Å². The van der Waals surface area contributed by atoms with Crippen molar-refractivity contribution in [1.29, 1.82) is 0 Å². The Morgan fingerprint density at radius 2 is 2.00 bits per heavy atom. The van der Waals surface area contributed by atoms with E-state index in [9.17, 15) is 13.5 Å². The Hall–Kier alpha value is -0.580. The lowest BCUT2D eigenvalue weighted by atomic mass is 10.1. The summed E-state index contributed by atoms with van der Waals surface area (Å²) < 4.78 is 21.8. The molecule has 5 heteroatoms. The van der Waals surface area contributed by atoms with Crippen LogP contribution in [0.1, 0.15) is 5.56 Å². The highest BCUT2D eigenvalue weighted by atomic mass is 35.5. The first-order valence-corrected chi connectivity index (χ1v) is 6.91. The highest BCUT2D eigenvalue weighted by Gasteiger charge is 2.13. The minimum Gasteiger partial charge on any atom is -0.392 e. The van der Waals surface area contributed by atoms with Crippen LogP contribution in [-0.4, -0.2) is 31.6 Å². The lowest BCUT2D eigenvalue weighted by Crippen LogP contribution is -2.22. The van der Waals surface area contributed by atoms with Gasteiger partial charge in [0.2, 0.25) is 0 Å². The Bertz CT molecular complexity index is 428. The molecule has 0 aliphatic rings. The molecule has 0 aliphatic heterocycles. The van der Waals surface area contributed by atoms with Crippen LogP contribution >= 0.6 is 11.6 Å². The van der Waals surface area contributed by atoms with Gasteiger partial charge in [-0.15, -0.1) is 0 Å². The standard InChI is InChI=1S/C10H13ClO3S/c1-15(13,14)7-9(12)6-8-4-2-3-5-10(8)11/h2-5,9,12H,6-7H2,1H3. The molecule has 0 saturated carbocycles. The van der Waals surface area contributed by atoms with Crippen LogP contribution in [0.25, 0.3) is 0 Å². The van der Waals surface area contributed by atoms with Crippen molar-refractivity contribution in [1.82, 2.24) is 0 Å². The molecule has 0 fully saturated rings. The Labute approximate surface area is 94.6 Å². The van der Waals surface area contributed by atoms with Crippen molar-refractivity contribution in [2.75, 3.05) is 12.0 Å². The number of hydrogen-bond donors (Lipinski definition) is 1. The summed E-state index contributed by atoms with van der Waals surface area (Å²) in [6, 6.07) is 7.07. The topological polar surface area (TPSA) is 54.4 Å². The van der Waals surface area contributed by atoms with E-state index in [0.29, 0.717) is 5.02 Å². The number of aliphatic hydroxyl groups is 1. The lowest BCUT2D eigenvalue weighted by Gasteiger charge is -2.10. The van der Waals surface area contributed by atoms with Gasteiger partial charge in [0.1, 0.15) is 9.84 Å². The van der Waals surface area contributed by atoms with Crippen molar-refractivity contribution in [3.63, 3.8) is 0 Å². The molecule has 1 atom stereocenters. The molecule has 0 aromatic heterocycles. The molecule has 1 aromatic carbocycles. The lowest BCUT2D eigenvalue weighted by molar-refractivity contribution is 0.198. The van der Waals surface area contributed by atoms with E-state index in [4.69, 9.17) is 11.6 Å². The predicted molar refractivity (Wildman–Crippen MR) is 60.9 cm³/mol. The summed E-state index contributed by atoms with van der Waals surface area (Å²) in [5.41, 5.74) is 0.760. The first-order chi connectivity index (χ1) is 6.88. The molecule has 1 unspecified atom stereocenters. The molecule has 1 aromatic rings. The van der Waals surface area contributed by atoms with Crippen molar-refractivity contribution in [2.24, 2.45) is 0 Å². The summed E-state index contributed by atoms with van der Waals surface area (Å²) in [7, 11) is -3.15. The zero-order valence-electron chi connectivity index (χ0n) is 8.35. The Kier molecular flexibility index (Phi) is 4.13. The highest BCUT2D eigenvalue weighted by Crippen LogP contribution is 2.16. The SMILES string of the molecule is CS(=O)(=O)CC(O)Cc1ccccc1Cl. The largest absolute Gasteiger partial charge is 0.392 e. The van der Waals surface area contributed by atoms with Gasteiger partial charge < -0.3 is 5.11 Å². The molecule has 84 valence electrons. The Balaban J connectivity index is 2.67. The molecule has 1 N–H and O–H groups in total. The van der Waals surface area contributed by atoms with Crippen LogP contribution in [-0.2, 0) is 16.3 Å². The Morgan fingerprint density at radius 1 is 1.40 bits per heavy atom. The second-order valence-electron chi connectivity index (χ2n) is 3.54. The van der Waals surface area contributed by atoms with Gasteiger partial charge in [-0.2, -0.15) is 0 Å². The number of benzene rings is 1. The average molecular weight is 249 g/mol. The van der Waals surface area contributed by atoms with Crippen molar-refractivity contribution in [2.45, 2.75) is 12.5 Å². The molecular formula is C10H13ClO3S. The third-order valence-corrected chi connectivity index (χ3v) is 3.27. The van der Waals surface area contributed by atoms with E-state index in [-0.39, 0.29) is 12.2 Å². The number of halogens is 1. The molecule has 0 radical (unpaired) electrons. The van der Waals surface area contributed by atoms with Crippen LogP contribution in [0.4, 0.5) is 0 Å². The van der Waals surface area contributed by atoms with Crippen LogP contribution in [0.3, 0.4) is 0 Å². The second kappa shape index (κ2) is 4.96. The fraction of sp³-hybridized carbons (Fsp3) is 0.400. The van der Waals surface area contributed by atoms with Crippen molar-refractivity contribution < 1.29 is 13.5 Å². The van der Waals surface area contributed by atoms with Gasteiger partial charge in [-0.1, -0.05) is 29.8 Å². The van der Waals surface area contributed by atoms with Crippen LogP contribution < -0.4 is 0 Å². The molecule has 1 rings (SSSR count). The number of aliphatic hydroxyl groups excluding tert-OH is 1. The third kappa shape index (κ3) is 4.64. The van der Waals surface area contributed by atoms with Gasteiger partial charge in [-0.25, -0.2) is 8.42 Å². The molecule has 0 spiro atoms. The average Bonchev–Trinajstić information content (AvgIpc) is 2.05. The van der Waals surface area contributed by atoms with Crippen molar-refractivity contribution in [3.8, 4) is 0 Å². The summed E-state index contributed by atoms with van der Waals surface area (Å²) in [4.78, 5) is 0. The monoisotopic (exact) mass is 248 g/mol. The molecule has 0 amide bonds. The summed E-state index contributed by atoms with van der Waals surface area (Å²) in [5, 5.41) is 10.1. The zero-order valence-corrected chi connectivity index (χ0v) is 9.92. The maximum absolute atomic E-state index is 10.9. The molecule has 0 aliphatic carbocycles. The predicted octanol–water partition coefficient (Wildman–Crippen LogP) is 1.29. The minimum atomic E-state index is -3.15. The number of rotatable bonds is 4. The molecule has 3 nitrogen and oxygen atoms in total. The quantitative estimate of drug-likeness (QED) is 0.874. The smallest absolute Gasteiger partial charge is 0.150 e. The zero-order chi connectivity index (χ0) is 11.5. The van der Waals surface area contributed by atoms with Crippen LogP contribution in [0.15, 0.2) is 24.3 Å². The number of sulfone groups is 1. The maximum atomic E-state index is 10.9. The van der Waals surface area contributed by atoms with E-state index in [1.165, 1.54) is 0 Å². The van der Waals surface area contributed by atoms with E-state index in [2.05, 4.69) is 0 Å². The van der Waals surface area contributed by atoms with Crippen molar-refractivity contribution in [3.05, 3.63) is 34.9 Å². The van der Waals surface area contributed by atoms with E-state index in [1.54, 1.807) is 24.3 Å². The molecule has 15 heavy (non-hydrogen) atoms. The van der Waals surface area contributed by atoms with Gasteiger partial charge >= 0.3 is 0 Å². The fourth-order valence-electron chi connectivity index (χ4n) is 1.33. The minimum absolute atomic E-state index is 0.238. The molecule has 0 heterocycles. The van der Waals surface area contributed by atoms with Crippen LogP contribution in [0, 0.1) is 0 Å². The summed E-state index contributed by atoms with van der Waals surface area (Å²) >= 11 is 5.88. The second-order valence-corrected chi connectivity index (χ2v) is 6.13. The number of hydrogen-bond acceptors (Lipinski definition) is 3. The fourth-order valence-corrected chi connectivity index (χ4v) is 2.36. The van der Waals surface area contributed by atoms with Crippen LogP contribution in [0.2, 0.25) is 5.02 Å². The summed E-state index contributed by atoms with van der Waals surface area (Å²) in [5.74, 6) is -0.238. The van der Waals surface area contributed by atoms with Gasteiger partial charge in [0.05, 0.1) is 11.9 Å². The van der Waals surface area contributed by atoms with Gasteiger partial charge in [0, 0.05) is 17.7 Å². The first kappa shape index (κ1) is 12.5. The van der Waals surface area contributed by atoms with E-state index in [0.717, 1.165) is 11.8 Å². The van der Waals surface area contributed by atoms with Crippen LogP contribution in [0.5, 0.6) is 0 Å². The first-order valence-electron chi connectivity index (χ1n) is 4.47. The normalized spacial score (nSPS) is 13.8. The molecule has 0 saturated heterocycles. The maximum Gasteiger partial charge on any atom is 0.150 e.